The van der Waals surface area contributed by atoms with Crippen molar-refractivity contribution in [1.82, 2.24) is 15.1 Å². The minimum absolute atomic E-state index is 0.138. The summed E-state index contributed by atoms with van der Waals surface area (Å²) < 4.78 is 5.53. The van der Waals surface area contributed by atoms with Gasteiger partial charge >= 0.3 is 0 Å². The van der Waals surface area contributed by atoms with Crippen molar-refractivity contribution in [3.8, 4) is 0 Å². The molecule has 112 valence electrons. The maximum absolute atomic E-state index is 12.8. The van der Waals surface area contributed by atoms with Crippen LogP contribution in [0.5, 0.6) is 0 Å². The van der Waals surface area contributed by atoms with Gasteiger partial charge in [-0.25, -0.2) is 0 Å². The van der Waals surface area contributed by atoms with Crippen molar-refractivity contribution in [1.29, 1.82) is 0 Å². The molecule has 0 aromatic carbocycles. The highest BCUT2D eigenvalue weighted by atomic mass is 16.3. The fourth-order valence-electron chi connectivity index (χ4n) is 2.81. The van der Waals surface area contributed by atoms with Crippen LogP contribution in [-0.2, 0) is 4.79 Å². The van der Waals surface area contributed by atoms with E-state index in [1.165, 1.54) is 0 Å². The van der Waals surface area contributed by atoms with Gasteiger partial charge in [0.15, 0.2) is 0 Å². The van der Waals surface area contributed by atoms with Crippen molar-refractivity contribution in [2.75, 3.05) is 32.7 Å². The number of hydrogen-bond donors (Lipinski definition) is 1. The average molecular weight is 279 g/mol. The number of carbonyl (C=O) groups is 1. The molecule has 1 fully saturated rings. The van der Waals surface area contributed by atoms with Gasteiger partial charge in [-0.1, -0.05) is 0 Å². The molecule has 0 saturated carbocycles. The summed E-state index contributed by atoms with van der Waals surface area (Å²) in [4.78, 5) is 16.9. The number of furan rings is 1. The summed E-state index contributed by atoms with van der Waals surface area (Å²) in [6.45, 7) is 10.3. The second-order valence-electron chi connectivity index (χ2n) is 5.28. The van der Waals surface area contributed by atoms with E-state index in [2.05, 4.69) is 17.1 Å². The first kappa shape index (κ1) is 15.1. The van der Waals surface area contributed by atoms with Crippen LogP contribution in [0.4, 0.5) is 0 Å². The Morgan fingerprint density at radius 2 is 2.30 bits per heavy atom. The van der Waals surface area contributed by atoms with Crippen molar-refractivity contribution >= 4 is 5.91 Å². The zero-order chi connectivity index (χ0) is 14.5. The molecular formula is C15H25N3O2. The van der Waals surface area contributed by atoms with E-state index < -0.39 is 0 Å². The Labute approximate surface area is 120 Å². The first-order valence-corrected chi connectivity index (χ1v) is 7.47. The molecule has 1 aromatic heterocycles. The van der Waals surface area contributed by atoms with E-state index in [0.717, 1.165) is 38.5 Å². The number of rotatable bonds is 5. The summed E-state index contributed by atoms with van der Waals surface area (Å²) in [7, 11) is 0. The van der Waals surface area contributed by atoms with Gasteiger partial charge in [0.1, 0.15) is 11.8 Å². The summed E-state index contributed by atoms with van der Waals surface area (Å²) in [5.41, 5.74) is 0. The van der Waals surface area contributed by atoms with Crippen LogP contribution < -0.4 is 5.32 Å². The van der Waals surface area contributed by atoms with Crippen LogP contribution in [-0.4, -0.2) is 54.5 Å². The van der Waals surface area contributed by atoms with E-state index in [1.54, 1.807) is 6.26 Å². The fraction of sp³-hybridized carbons (Fsp3) is 0.667. The summed E-state index contributed by atoms with van der Waals surface area (Å²) >= 11 is 0. The normalized spacial score (nSPS) is 21.6. The minimum Gasteiger partial charge on any atom is -0.467 e. The van der Waals surface area contributed by atoms with Crippen LogP contribution in [0.2, 0.25) is 0 Å². The molecule has 0 bridgehead atoms. The predicted octanol–water partition coefficient (Wildman–Crippen LogP) is 1.48. The zero-order valence-corrected chi connectivity index (χ0v) is 12.6. The Bertz CT molecular complexity index is 415. The second kappa shape index (κ2) is 6.90. The summed E-state index contributed by atoms with van der Waals surface area (Å²) in [5.74, 6) is 0.884. The Hall–Kier alpha value is -1.33. The van der Waals surface area contributed by atoms with Crippen LogP contribution in [0.3, 0.4) is 0 Å². The number of piperazine rings is 1. The summed E-state index contributed by atoms with van der Waals surface area (Å²) in [6.07, 6.45) is 1.64. The van der Waals surface area contributed by atoms with Gasteiger partial charge in [0, 0.05) is 38.8 Å². The molecule has 0 radical (unpaired) electrons. The first-order chi connectivity index (χ1) is 9.67. The number of carbonyl (C=O) groups excluding carboxylic acids is 1. The first-order valence-electron chi connectivity index (χ1n) is 7.47. The molecule has 1 saturated heterocycles. The topological polar surface area (TPSA) is 48.7 Å². The third kappa shape index (κ3) is 3.22. The Morgan fingerprint density at radius 1 is 1.55 bits per heavy atom. The third-order valence-electron chi connectivity index (χ3n) is 3.89. The maximum Gasteiger partial charge on any atom is 0.247 e. The fourth-order valence-corrected chi connectivity index (χ4v) is 2.81. The van der Waals surface area contributed by atoms with Crippen molar-refractivity contribution in [3.63, 3.8) is 0 Å². The van der Waals surface area contributed by atoms with Crippen LogP contribution in [0, 0.1) is 0 Å². The van der Waals surface area contributed by atoms with Crippen LogP contribution in [0.25, 0.3) is 0 Å². The molecule has 2 atom stereocenters. The lowest BCUT2D eigenvalue weighted by atomic mass is 10.1. The molecule has 2 rings (SSSR count). The van der Waals surface area contributed by atoms with Crippen LogP contribution >= 0.6 is 0 Å². The molecule has 1 aromatic rings. The molecule has 1 aliphatic heterocycles. The molecule has 5 nitrogen and oxygen atoms in total. The summed E-state index contributed by atoms with van der Waals surface area (Å²) in [5, 5.41) is 3.41. The number of nitrogens with one attached hydrogen (secondary N) is 1. The summed E-state index contributed by atoms with van der Waals surface area (Å²) in [6, 6.07) is 3.85. The van der Waals surface area contributed by atoms with E-state index >= 15 is 0 Å². The van der Waals surface area contributed by atoms with Gasteiger partial charge in [0.25, 0.3) is 0 Å². The highest BCUT2D eigenvalue weighted by molar-refractivity contribution is 5.82. The highest BCUT2D eigenvalue weighted by Crippen LogP contribution is 2.25. The van der Waals surface area contributed by atoms with E-state index in [4.69, 9.17) is 4.42 Å². The van der Waals surface area contributed by atoms with Crippen molar-refractivity contribution in [3.05, 3.63) is 24.2 Å². The quantitative estimate of drug-likeness (QED) is 0.887. The van der Waals surface area contributed by atoms with E-state index in [0.29, 0.717) is 6.04 Å². The molecular weight excluding hydrogens is 254 g/mol. The van der Waals surface area contributed by atoms with Gasteiger partial charge in [-0.2, -0.15) is 0 Å². The molecule has 1 amide bonds. The molecule has 1 N–H and O–H groups in total. The average Bonchev–Trinajstić information content (AvgIpc) is 2.94. The van der Waals surface area contributed by atoms with E-state index in [1.807, 2.05) is 30.9 Å². The van der Waals surface area contributed by atoms with E-state index in [9.17, 15) is 4.79 Å². The SMILES string of the molecule is CCN(CC)C(=O)C(c1ccco1)N1CCNC(C)C1. The van der Waals surface area contributed by atoms with Crippen LogP contribution in [0.1, 0.15) is 32.6 Å². The van der Waals surface area contributed by atoms with Crippen molar-refractivity contribution in [2.24, 2.45) is 0 Å². The number of hydrogen-bond acceptors (Lipinski definition) is 4. The number of nitrogens with zero attached hydrogens (tertiary/aromatic N) is 2. The smallest absolute Gasteiger partial charge is 0.247 e. The van der Waals surface area contributed by atoms with Crippen molar-refractivity contribution in [2.45, 2.75) is 32.9 Å². The molecule has 0 spiro atoms. The minimum atomic E-state index is -0.297. The zero-order valence-electron chi connectivity index (χ0n) is 12.6. The van der Waals surface area contributed by atoms with Gasteiger partial charge in [-0.05, 0) is 32.9 Å². The second-order valence-corrected chi connectivity index (χ2v) is 5.28. The maximum atomic E-state index is 12.8. The molecule has 2 heterocycles. The molecule has 20 heavy (non-hydrogen) atoms. The molecule has 2 unspecified atom stereocenters. The molecule has 0 aliphatic carbocycles. The molecule has 1 aliphatic rings. The largest absolute Gasteiger partial charge is 0.467 e. The standard InChI is InChI=1S/C15H25N3O2/c1-4-17(5-2)15(19)14(13-7-6-10-20-13)18-9-8-16-12(3)11-18/h6-7,10,12,14,16H,4-5,8-9,11H2,1-3H3. The van der Waals surface area contributed by atoms with E-state index in [-0.39, 0.29) is 11.9 Å². The highest BCUT2D eigenvalue weighted by Gasteiger charge is 2.34. The third-order valence-corrected chi connectivity index (χ3v) is 3.89. The Morgan fingerprint density at radius 3 is 2.85 bits per heavy atom. The van der Waals surface area contributed by atoms with Gasteiger partial charge in [0.05, 0.1) is 6.26 Å². The van der Waals surface area contributed by atoms with Gasteiger partial charge in [-0.15, -0.1) is 0 Å². The lowest BCUT2D eigenvalue weighted by molar-refractivity contribution is -0.138. The molecule has 5 heteroatoms. The number of likely N-dealkylation sites (N-methyl/N-ethyl adjacent to an activating group) is 1. The van der Waals surface area contributed by atoms with Gasteiger partial charge < -0.3 is 14.6 Å². The Balaban J connectivity index is 2.23. The monoisotopic (exact) mass is 279 g/mol. The number of amides is 1. The lowest BCUT2D eigenvalue weighted by Crippen LogP contribution is -2.53. The Kier molecular flexibility index (Phi) is 5.20. The van der Waals surface area contributed by atoms with Crippen molar-refractivity contribution < 1.29 is 9.21 Å². The van der Waals surface area contributed by atoms with Gasteiger partial charge in [-0.3, -0.25) is 9.69 Å². The predicted molar refractivity (Wildman–Crippen MR) is 78.4 cm³/mol. The lowest BCUT2D eigenvalue weighted by Gasteiger charge is -2.37. The van der Waals surface area contributed by atoms with Crippen LogP contribution in [0.15, 0.2) is 22.8 Å². The van der Waals surface area contributed by atoms with Gasteiger partial charge in [0.2, 0.25) is 5.91 Å².